The summed E-state index contributed by atoms with van der Waals surface area (Å²) in [5.41, 5.74) is 0.924. The first-order chi connectivity index (χ1) is 8.66. The average molecular weight is 268 g/mol. The van der Waals surface area contributed by atoms with Gasteiger partial charge in [-0.15, -0.1) is 11.3 Å². The smallest absolute Gasteiger partial charge is 0.263 e. The van der Waals surface area contributed by atoms with E-state index in [0.29, 0.717) is 6.54 Å². The van der Waals surface area contributed by atoms with Gasteiger partial charge in [-0.05, 0) is 18.6 Å². The van der Waals surface area contributed by atoms with E-state index in [1.807, 2.05) is 18.4 Å². The zero-order valence-corrected chi connectivity index (χ0v) is 10.8. The van der Waals surface area contributed by atoms with E-state index < -0.39 is 6.43 Å². The SMILES string of the molecule is CC(NCc1cccc(C(F)F)c1)c1nccs1. The number of benzene rings is 1. The summed E-state index contributed by atoms with van der Waals surface area (Å²) < 4.78 is 25.1. The summed E-state index contributed by atoms with van der Waals surface area (Å²) >= 11 is 1.58. The summed E-state index contributed by atoms with van der Waals surface area (Å²) in [4.78, 5) is 4.21. The first kappa shape index (κ1) is 13.1. The fourth-order valence-corrected chi connectivity index (χ4v) is 2.32. The maximum atomic E-state index is 12.5. The molecule has 0 fully saturated rings. The predicted molar refractivity (Wildman–Crippen MR) is 68.8 cm³/mol. The molecule has 0 amide bonds. The molecule has 1 N–H and O–H groups in total. The molecule has 1 aromatic carbocycles. The van der Waals surface area contributed by atoms with Crippen molar-refractivity contribution < 1.29 is 8.78 Å². The molecule has 0 radical (unpaired) electrons. The van der Waals surface area contributed by atoms with Crippen molar-refractivity contribution in [1.82, 2.24) is 10.3 Å². The highest BCUT2D eigenvalue weighted by Gasteiger charge is 2.09. The van der Waals surface area contributed by atoms with Gasteiger partial charge in [0.1, 0.15) is 5.01 Å². The molecule has 2 aromatic rings. The van der Waals surface area contributed by atoms with Crippen LogP contribution in [-0.2, 0) is 6.54 Å². The maximum absolute atomic E-state index is 12.5. The molecule has 0 saturated carbocycles. The number of rotatable bonds is 5. The van der Waals surface area contributed by atoms with Crippen LogP contribution in [0.5, 0.6) is 0 Å². The van der Waals surface area contributed by atoms with Crippen LogP contribution in [0.25, 0.3) is 0 Å². The number of alkyl halides is 2. The van der Waals surface area contributed by atoms with E-state index in [1.54, 1.807) is 23.6 Å². The number of aromatic nitrogens is 1. The highest BCUT2D eigenvalue weighted by Crippen LogP contribution is 2.20. The van der Waals surface area contributed by atoms with Gasteiger partial charge in [0, 0.05) is 23.7 Å². The number of nitrogens with zero attached hydrogens (tertiary/aromatic N) is 1. The first-order valence-corrected chi connectivity index (χ1v) is 6.54. The van der Waals surface area contributed by atoms with Crippen molar-refractivity contribution >= 4 is 11.3 Å². The summed E-state index contributed by atoms with van der Waals surface area (Å²) in [7, 11) is 0. The molecule has 18 heavy (non-hydrogen) atoms. The highest BCUT2D eigenvalue weighted by atomic mass is 32.1. The Bertz CT molecular complexity index is 485. The Hall–Kier alpha value is -1.33. The Kier molecular flexibility index (Phi) is 4.38. The molecule has 1 unspecified atom stereocenters. The Morgan fingerprint density at radius 3 is 2.89 bits per heavy atom. The molecular formula is C13H14F2N2S. The van der Waals surface area contributed by atoms with Crippen molar-refractivity contribution in [3.63, 3.8) is 0 Å². The summed E-state index contributed by atoms with van der Waals surface area (Å²) in [6, 6.07) is 6.60. The largest absolute Gasteiger partial charge is 0.304 e. The van der Waals surface area contributed by atoms with E-state index in [2.05, 4.69) is 10.3 Å². The quantitative estimate of drug-likeness (QED) is 0.888. The van der Waals surface area contributed by atoms with Gasteiger partial charge in [0.15, 0.2) is 0 Å². The van der Waals surface area contributed by atoms with E-state index in [4.69, 9.17) is 0 Å². The Morgan fingerprint density at radius 2 is 2.22 bits per heavy atom. The molecule has 96 valence electrons. The van der Waals surface area contributed by atoms with E-state index in [1.165, 1.54) is 12.1 Å². The second-order valence-corrected chi connectivity index (χ2v) is 4.94. The fraction of sp³-hybridized carbons (Fsp3) is 0.308. The lowest BCUT2D eigenvalue weighted by Crippen LogP contribution is -2.17. The molecule has 0 spiro atoms. The molecule has 2 rings (SSSR count). The second kappa shape index (κ2) is 6.02. The van der Waals surface area contributed by atoms with Gasteiger partial charge in [-0.2, -0.15) is 0 Å². The number of thiazole rings is 1. The zero-order chi connectivity index (χ0) is 13.0. The van der Waals surface area contributed by atoms with Crippen LogP contribution >= 0.6 is 11.3 Å². The zero-order valence-electron chi connectivity index (χ0n) is 9.94. The lowest BCUT2D eigenvalue weighted by molar-refractivity contribution is 0.151. The van der Waals surface area contributed by atoms with Crippen molar-refractivity contribution in [2.45, 2.75) is 25.9 Å². The van der Waals surface area contributed by atoms with Gasteiger partial charge >= 0.3 is 0 Å². The number of nitrogens with one attached hydrogen (secondary N) is 1. The van der Waals surface area contributed by atoms with Gasteiger partial charge in [-0.3, -0.25) is 0 Å². The van der Waals surface area contributed by atoms with Crippen molar-refractivity contribution in [2.24, 2.45) is 0 Å². The molecule has 1 aromatic heterocycles. The molecule has 5 heteroatoms. The monoisotopic (exact) mass is 268 g/mol. The summed E-state index contributed by atoms with van der Waals surface area (Å²) in [5.74, 6) is 0. The van der Waals surface area contributed by atoms with Gasteiger partial charge in [0.25, 0.3) is 6.43 Å². The summed E-state index contributed by atoms with van der Waals surface area (Å²) in [5, 5.41) is 6.19. The molecule has 1 atom stereocenters. The third kappa shape index (κ3) is 3.34. The standard InChI is InChI=1S/C13H14F2N2S/c1-9(13-16-5-6-18-13)17-8-10-3-2-4-11(7-10)12(14)15/h2-7,9,12,17H,8H2,1H3. The molecule has 0 saturated heterocycles. The lowest BCUT2D eigenvalue weighted by Gasteiger charge is -2.11. The van der Waals surface area contributed by atoms with E-state index in [9.17, 15) is 8.78 Å². The molecular weight excluding hydrogens is 254 g/mol. The third-order valence-electron chi connectivity index (χ3n) is 2.64. The molecule has 0 aliphatic rings. The van der Waals surface area contributed by atoms with Crippen LogP contribution in [0.15, 0.2) is 35.8 Å². The predicted octanol–water partition coefficient (Wildman–Crippen LogP) is 3.93. The van der Waals surface area contributed by atoms with Crippen molar-refractivity contribution in [1.29, 1.82) is 0 Å². The number of hydrogen-bond acceptors (Lipinski definition) is 3. The van der Waals surface area contributed by atoms with Gasteiger partial charge < -0.3 is 5.32 Å². The van der Waals surface area contributed by atoms with Gasteiger partial charge in [-0.1, -0.05) is 18.2 Å². The van der Waals surface area contributed by atoms with E-state index in [0.717, 1.165) is 10.6 Å². The molecule has 1 heterocycles. The minimum absolute atomic E-state index is 0.0659. The summed E-state index contributed by atoms with van der Waals surface area (Å²) in [6.45, 7) is 2.57. The van der Waals surface area contributed by atoms with Crippen LogP contribution < -0.4 is 5.32 Å². The topological polar surface area (TPSA) is 24.9 Å². The third-order valence-corrected chi connectivity index (χ3v) is 3.60. The number of halogens is 2. The first-order valence-electron chi connectivity index (χ1n) is 5.66. The Morgan fingerprint density at radius 1 is 1.39 bits per heavy atom. The van der Waals surface area contributed by atoms with Gasteiger partial charge in [-0.25, -0.2) is 13.8 Å². The normalized spacial score (nSPS) is 12.9. The summed E-state index contributed by atoms with van der Waals surface area (Å²) in [6.07, 6.45) is -0.656. The molecule has 0 aliphatic heterocycles. The van der Waals surface area contributed by atoms with Crippen LogP contribution in [0.3, 0.4) is 0 Å². The van der Waals surface area contributed by atoms with Crippen LogP contribution in [0.1, 0.15) is 35.5 Å². The average Bonchev–Trinajstić information content (AvgIpc) is 2.90. The minimum Gasteiger partial charge on any atom is -0.304 e. The van der Waals surface area contributed by atoms with Crippen LogP contribution in [-0.4, -0.2) is 4.98 Å². The molecule has 0 aliphatic carbocycles. The lowest BCUT2D eigenvalue weighted by atomic mass is 10.1. The Balaban J connectivity index is 1.96. The van der Waals surface area contributed by atoms with Crippen molar-refractivity contribution in [3.05, 3.63) is 52.0 Å². The van der Waals surface area contributed by atoms with Gasteiger partial charge in [0.2, 0.25) is 0 Å². The second-order valence-electron chi connectivity index (χ2n) is 4.02. The van der Waals surface area contributed by atoms with Crippen molar-refractivity contribution in [2.75, 3.05) is 0 Å². The number of hydrogen-bond donors (Lipinski definition) is 1. The Labute approximate surface area is 109 Å². The van der Waals surface area contributed by atoms with Crippen LogP contribution in [0, 0.1) is 0 Å². The van der Waals surface area contributed by atoms with Gasteiger partial charge in [0.05, 0.1) is 6.04 Å². The maximum Gasteiger partial charge on any atom is 0.263 e. The minimum atomic E-state index is -2.42. The van der Waals surface area contributed by atoms with Crippen LogP contribution in [0.2, 0.25) is 0 Å². The van der Waals surface area contributed by atoms with Crippen molar-refractivity contribution in [3.8, 4) is 0 Å². The van der Waals surface area contributed by atoms with Crippen LogP contribution in [0.4, 0.5) is 8.78 Å². The molecule has 2 nitrogen and oxygen atoms in total. The fourth-order valence-electron chi connectivity index (χ4n) is 1.65. The van der Waals surface area contributed by atoms with E-state index in [-0.39, 0.29) is 11.6 Å². The van der Waals surface area contributed by atoms with E-state index >= 15 is 0 Å². The molecule has 0 bridgehead atoms. The highest BCUT2D eigenvalue weighted by molar-refractivity contribution is 7.09.